The molecule has 0 bridgehead atoms. The second kappa shape index (κ2) is 5.13. The van der Waals surface area contributed by atoms with Crippen molar-refractivity contribution in [3.8, 4) is 0 Å². The van der Waals surface area contributed by atoms with E-state index < -0.39 is 10.0 Å². The van der Waals surface area contributed by atoms with E-state index in [9.17, 15) is 8.42 Å². The van der Waals surface area contributed by atoms with Gasteiger partial charge in [-0.05, 0) is 56.4 Å². The first-order valence-electron chi connectivity index (χ1n) is 6.76. The smallest absolute Gasteiger partial charge is 0.243 e. The molecule has 2 N–H and O–H groups in total. The second-order valence-electron chi connectivity index (χ2n) is 5.32. The van der Waals surface area contributed by atoms with Crippen molar-refractivity contribution < 1.29 is 8.42 Å². The third-order valence-corrected chi connectivity index (χ3v) is 5.61. The fourth-order valence-corrected chi connectivity index (χ4v) is 4.45. The molecule has 1 aromatic rings. The van der Waals surface area contributed by atoms with Gasteiger partial charge in [-0.3, -0.25) is 0 Å². The molecule has 0 saturated heterocycles. The van der Waals surface area contributed by atoms with Gasteiger partial charge in [0.15, 0.2) is 0 Å². The number of benzene rings is 1. The Balaban J connectivity index is 2.49. The number of sulfonamides is 1. The fourth-order valence-electron chi connectivity index (χ4n) is 2.33. The van der Waals surface area contributed by atoms with Gasteiger partial charge in [0, 0.05) is 18.3 Å². The number of anilines is 1. The molecular formula is C14H22N2O2S. The number of rotatable bonds is 5. The maximum atomic E-state index is 12.8. The Hall–Kier alpha value is -1.07. The van der Waals surface area contributed by atoms with E-state index in [1.165, 1.54) is 0 Å². The first-order valence-corrected chi connectivity index (χ1v) is 8.20. The Bertz CT molecular complexity index is 577. The molecule has 1 aromatic carbocycles. The van der Waals surface area contributed by atoms with E-state index in [0.717, 1.165) is 24.8 Å². The van der Waals surface area contributed by atoms with Crippen LogP contribution in [0.5, 0.6) is 0 Å². The molecule has 0 unspecified atom stereocenters. The summed E-state index contributed by atoms with van der Waals surface area (Å²) in [5.74, 6) is 0. The summed E-state index contributed by atoms with van der Waals surface area (Å²) in [5.41, 5.74) is 7.99. The molecule has 0 atom stereocenters. The lowest BCUT2D eigenvalue weighted by molar-refractivity contribution is 0.403. The van der Waals surface area contributed by atoms with E-state index in [2.05, 4.69) is 0 Å². The summed E-state index contributed by atoms with van der Waals surface area (Å²) >= 11 is 0. The number of hydrogen-bond acceptors (Lipinski definition) is 3. The highest BCUT2D eigenvalue weighted by Crippen LogP contribution is 2.34. The van der Waals surface area contributed by atoms with Crippen LogP contribution in [0.25, 0.3) is 0 Å². The molecule has 1 aliphatic rings. The minimum absolute atomic E-state index is 0.186. The van der Waals surface area contributed by atoms with Crippen LogP contribution in [0.2, 0.25) is 0 Å². The van der Waals surface area contributed by atoms with E-state index in [-0.39, 0.29) is 6.04 Å². The summed E-state index contributed by atoms with van der Waals surface area (Å²) in [7, 11) is -3.42. The molecule has 19 heavy (non-hydrogen) atoms. The monoisotopic (exact) mass is 282 g/mol. The fraction of sp³-hybridized carbons (Fsp3) is 0.571. The zero-order valence-electron chi connectivity index (χ0n) is 11.8. The van der Waals surface area contributed by atoms with E-state index in [4.69, 9.17) is 5.73 Å². The van der Waals surface area contributed by atoms with Crippen LogP contribution in [0.4, 0.5) is 5.69 Å². The first-order chi connectivity index (χ1) is 8.87. The molecule has 0 heterocycles. The summed E-state index contributed by atoms with van der Waals surface area (Å²) in [4.78, 5) is 0.366. The van der Waals surface area contributed by atoms with E-state index in [0.29, 0.717) is 22.7 Å². The lowest BCUT2D eigenvalue weighted by Crippen LogP contribution is -2.34. The average Bonchev–Trinajstić information content (AvgIpc) is 3.14. The van der Waals surface area contributed by atoms with Gasteiger partial charge in [-0.2, -0.15) is 4.31 Å². The van der Waals surface area contributed by atoms with Gasteiger partial charge >= 0.3 is 0 Å². The molecule has 1 fully saturated rings. The van der Waals surface area contributed by atoms with E-state index in [1.54, 1.807) is 17.3 Å². The van der Waals surface area contributed by atoms with E-state index >= 15 is 0 Å². The number of nitrogens with two attached hydrogens (primary N) is 1. The van der Waals surface area contributed by atoms with Gasteiger partial charge in [-0.25, -0.2) is 8.42 Å². The van der Waals surface area contributed by atoms with Crippen molar-refractivity contribution >= 4 is 15.7 Å². The molecule has 5 heteroatoms. The number of aryl methyl sites for hydroxylation is 1. The van der Waals surface area contributed by atoms with Gasteiger partial charge in [0.05, 0.1) is 4.90 Å². The third-order valence-electron chi connectivity index (χ3n) is 3.53. The topological polar surface area (TPSA) is 63.4 Å². The van der Waals surface area contributed by atoms with Crippen LogP contribution in [0, 0.1) is 13.8 Å². The summed E-state index contributed by atoms with van der Waals surface area (Å²) < 4.78 is 27.2. The predicted octanol–water partition coefficient (Wildman–Crippen LogP) is 2.45. The molecule has 4 nitrogen and oxygen atoms in total. The molecule has 0 radical (unpaired) electrons. The van der Waals surface area contributed by atoms with Crippen molar-refractivity contribution in [3.05, 3.63) is 23.3 Å². The maximum absolute atomic E-state index is 12.8. The molecule has 0 aliphatic heterocycles. The average molecular weight is 282 g/mol. The lowest BCUT2D eigenvalue weighted by atomic mass is 10.1. The zero-order chi connectivity index (χ0) is 14.2. The van der Waals surface area contributed by atoms with Gasteiger partial charge in [-0.1, -0.05) is 6.92 Å². The van der Waals surface area contributed by atoms with Crippen LogP contribution >= 0.6 is 0 Å². The summed E-state index contributed by atoms with van der Waals surface area (Å²) in [6.07, 6.45) is 2.77. The lowest BCUT2D eigenvalue weighted by Gasteiger charge is -2.23. The van der Waals surface area contributed by atoms with Crippen molar-refractivity contribution in [3.63, 3.8) is 0 Å². The quantitative estimate of drug-likeness (QED) is 0.844. The van der Waals surface area contributed by atoms with Crippen LogP contribution in [0.15, 0.2) is 17.0 Å². The Morgan fingerprint density at radius 2 is 1.95 bits per heavy atom. The predicted molar refractivity (Wildman–Crippen MR) is 77.5 cm³/mol. The maximum Gasteiger partial charge on any atom is 0.243 e. The third kappa shape index (κ3) is 2.77. The minimum Gasteiger partial charge on any atom is -0.398 e. The van der Waals surface area contributed by atoms with Gasteiger partial charge in [-0.15, -0.1) is 0 Å². The van der Waals surface area contributed by atoms with Crippen LogP contribution in [-0.2, 0) is 10.0 Å². The Morgan fingerprint density at radius 3 is 2.47 bits per heavy atom. The number of nitrogens with zero attached hydrogens (tertiary/aromatic N) is 1. The van der Waals surface area contributed by atoms with Crippen LogP contribution in [0.1, 0.15) is 37.3 Å². The number of nitrogen functional groups attached to an aromatic ring is 1. The van der Waals surface area contributed by atoms with Crippen LogP contribution in [0.3, 0.4) is 0 Å². The molecule has 0 aromatic heterocycles. The highest BCUT2D eigenvalue weighted by atomic mass is 32.2. The van der Waals surface area contributed by atoms with Crippen molar-refractivity contribution in [2.75, 3.05) is 12.3 Å². The molecule has 1 aliphatic carbocycles. The van der Waals surface area contributed by atoms with Gasteiger partial charge in [0.2, 0.25) is 10.0 Å². The molecule has 106 valence electrons. The molecule has 2 rings (SSSR count). The summed E-state index contributed by atoms with van der Waals surface area (Å²) in [5, 5.41) is 0. The Labute approximate surface area is 115 Å². The number of hydrogen-bond donors (Lipinski definition) is 1. The van der Waals surface area contributed by atoms with Crippen molar-refractivity contribution in [1.82, 2.24) is 4.31 Å². The first kappa shape index (κ1) is 14.3. The largest absolute Gasteiger partial charge is 0.398 e. The molecule has 1 saturated carbocycles. The highest BCUT2D eigenvalue weighted by Gasteiger charge is 2.38. The van der Waals surface area contributed by atoms with Gasteiger partial charge < -0.3 is 5.73 Å². The van der Waals surface area contributed by atoms with Gasteiger partial charge in [0.1, 0.15) is 0 Å². The van der Waals surface area contributed by atoms with Crippen LogP contribution in [-0.4, -0.2) is 25.3 Å². The van der Waals surface area contributed by atoms with E-state index in [1.807, 2.05) is 19.9 Å². The molecular weight excluding hydrogens is 260 g/mol. The molecule has 0 amide bonds. The second-order valence-corrected chi connectivity index (χ2v) is 7.18. The van der Waals surface area contributed by atoms with Crippen molar-refractivity contribution in [1.29, 1.82) is 0 Å². The Morgan fingerprint density at radius 1 is 1.32 bits per heavy atom. The minimum atomic E-state index is -3.42. The van der Waals surface area contributed by atoms with Gasteiger partial charge in [0.25, 0.3) is 0 Å². The summed E-state index contributed by atoms with van der Waals surface area (Å²) in [6, 6.07) is 3.73. The SMILES string of the molecule is CCCN(C1CC1)S(=O)(=O)c1cc(C)cc(N)c1C. The summed E-state index contributed by atoms with van der Waals surface area (Å²) in [6.45, 7) is 6.23. The van der Waals surface area contributed by atoms with Crippen LogP contribution < -0.4 is 5.73 Å². The van der Waals surface area contributed by atoms with Crippen molar-refractivity contribution in [2.24, 2.45) is 0 Å². The highest BCUT2D eigenvalue weighted by molar-refractivity contribution is 7.89. The van der Waals surface area contributed by atoms with Crippen molar-refractivity contribution in [2.45, 2.75) is 51.0 Å². The molecule has 0 spiro atoms. The Kier molecular flexibility index (Phi) is 3.87. The zero-order valence-corrected chi connectivity index (χ0v) is 12.6. The standard InChI is InChI=1S/C14H22N2O2S/c1-4-7-16(12-5-6-12)19(17,18)14-9-10(2)8-13(15)11(14)3/h8-9,12H,4-7,15H2,1-3H3. The normalized spacial score (nSPS) is 16.0.